The standard InChI is InChI=1S/C23H23N3O4S/c27-22(8-6-17-5-7-19-20(15-17)30-16-29-19)26(10-9-25-11-13-28-14-12-25)23-24-18-3-1-2-4-21(18)31-23/h1-8,15H,9-14,16H2/b8-6+. The van der Waals surface area contributed by atoms with E-state index in [1.165, 1.54) is 11.3 Å². The number of rotatable bonds is 6. The summed E-state index contributed by atoms with van der Waals surface area (Å²) in [4.78, 5) is 22.0. The third-order valence-electron chi connectivity index (χ3n) is 5.34. The number of ether oxygens (including phenoxy) is 3. The summed E-state index contributed by atoms with van der Waals surface area (Å²) in [7, 11) is 0. The molecule has 0 spiro atoms. The number of fused-ring (bicyclic) bond motifs is 2. The van der Waals surface area contributed by atoms with Gasteiger partial charge in [-0.2, -0.15) is 0 Å². The third kappa shape index (κ3) is 4.56. The van der Waals surface area contributed by atoms with E-state index in [1.54, 1.807) is 17.1 Å². The van der Waals surface area contributed by atoms with Gasteiger partial charge in [0.1, 0.15) is 0 Å². The van der Waals surface area contributed by atoms with E-state index in [-0.39, 0.29) is 12.7 Å². The summed E-state index contributed by atoms with van der Waals surface area (Å²) in [6, 6.07) is 13.6. The molecular formula is C23H23N3O4S. The summed E-state index contributed by atoms with van der Waals surface area (Å²) >= 11 is 1.54. The summed E-state index contributed by atoms with van der Waals surface area (Å²) in [6.07, 6.45) is 3.41. The minimum atomic E-state index is -0.0926. The number of hydrogen-bond donors (Lipinski definition) is 0. The van der Waals surface area contributed by atoms with Gasteiger partial charge in [0.2, 0.25) is 6.79 Å². The molecule has 0 atom stereocenters. The first-order chi connectivity index (χ1) is 15.3. The number of amides is 1. The molecule has 7 nitrogen and oxygen atoms in total. The molecule has 2 aromatic carbocycles. The van der Waals surface area contributed by atoms with Crippen LogP contribution >= 0.6 is 11.3 Å². The van der Waals surface area contributed by atoms with Crippen molar-refractivity contribution < 1.29 is 19.0 Å². The van der Waals surface area contributed by atoms with Crippen LogP contribution in [0, 0.1) is 0 Å². The molecule has 0 aliphatic carbocycles. The van der Waals surface area contributed by atoms with Gasteiger partial charge in [-0.1, -0.05) is 29.5 Å². The number of benzene rings is 2. The molecular weight excluding hydrogens is 414 g/mol. The van der Waals surface area contributed by atoms with Gasteiger partial charge in [0.05, 0.1) is 23.4 Å². The molecule has 3 aromatic rings. The summed E-state index contributed by atoms with van der Waals surface area (Å²) in [6.45, 7) is 4.82. The smallest absolute Gasteiger partial charge is 0.252 e. The molecule has 2 aliphatic rings. The van der Waals surface area contributed by atoms with Crippen LogP contribution in [0.4, 0.5) is 5.13 Å². The lowest BCUT2D eigenvalue weighted by Gasteiger charge is -2.28. The number of carbonyl (C=O) groups excluding carboxylic acids is 1. The zero-order valence-corrected chi connectivity index (χ0v) is 17.8. The lowest BCUT2D eigenvalue weighted by Crippen LogP contribution is -2.42. The summed E-state index contributed by atoms with van der Waals surface area (Å²) < 4.78 is 17.3. The molecule has 0 saturated carbocycles. The molecule has 3 heterocycles. The lowest BCUT2D eigenvalue weighted by molar-refractivity contribution is -0.114. The maximum Gasteiger partial charge on any atom is 0.252 e. The molecule has 8 heteroatoms. The predicted octanol–water partition coefficient (Wildman–Crippen LogP) is 3.40. The fourth-order valence-corrected chi connectivity index (χ4v) is 4.61. The minimum Gasteiger partial charge on any atom is -0.454 e. The predicted molar refractivity (Wildman–Crippen MR) is 121 cm³/mol. The normalized spacial score (nSPS) is 16.3. The van der Waals surface area contributed by atoms with E-state index >= 15 is 0 Å². The second-order valence-corrected chi connectivity index (χ2v) is 8.36. The molecule has 5 rings (SSSR count). The van der Waals surface area contributed by atoms with Crippen molar-refractivity contribution in [2.45, 2.75) is 0 Å². The van der Waals surface area contributed by atoms with Crippen LogP contribution < -0.4 is 14.4 Å². The first kappa shape index (κ1) is 20.0. The Morgan fingerprint density at radius 3 is 2.84 bits per heavy atom. The van der Waals surface area contributed by atoms with E-state index in [0.29, 0.717) is 12.3 Å². The van der Waals surface area contributed by atoms with Gasteiger partial charge in [-0.25, -0.2) is 4.98 Å². The average Bonchev–Trinajstić information content (AvgIpc) is 3.45. The zero-order valence-electron chi connectivity index (χ0n) is 17.0. The zero-order chi connectivity index (χ0) is 21.0. The highest BCUT2D eigenvalue weighted by molar-refractivity contribution is 7.22. The van der Waals surface area contributed by atoms with E-state index < -0.39 is 0 Å². The molecule has 0 N–H and O–H groups in total. The maximum atomic E-state index is 13.2. The first-order valence-electron chi connectivity index (χ1n) is 10.3. The van der Waals surface area contributed by atoms with E-state index in [1.807, 2.05) is 42.5 Å². The van der Waals surface area contributed by atoms with Gasteiger partial charge in [-0.15, -0.1) is 0 Å². The molecule has 1 fully saturated rings. The topological polar surface area (TPSA) is 64.1 Å². The molecule has 160 valence electrons. The molecule has 1 amide bonds. The van der Waals surface area contributed by atoms with Crippen molar-refractivity contribution in [3.63, 3.8) is 0 Å². The van der Waals surface area contributed by atoms with Crippen LogP contribution in [0.3, 0.4) is 0 Å². The van der Waals surface area contributed by atoms with Gasteiger partial charge in [0.15, 0.2) is 16.6 Å². The second-order valence-electron chi connectivity index (χ2n) is 7.35. The summed E-state index contributed by atoms with van der Waals surface area (Å²) in [5.41, 5.74) is 1.79. The Hall–Kier alpha value is -2.94. The van der Waals surface area contributed by atoms with Crippen molar-refractivity contribution in [1.82, 2.24) is 9.88 Å². The Morgan fingerprint density at radius 1 is 1.13 bits per heavy atom. The van der Waals surface area contributed by atoms with Gasteiger partial charge in [0, 0.05) is 32.3 Å². The number of morpholine rings is 1. The van der Waals surface area contributed by atoms with E-state index in [4.69, 9.17) is 19.2 Å². The fourth-order valence-electron chi connectivity index (χ4n) is 3.62. The number of anilines is 1. The second kappa shape index (κ2) is 9.05. The molecule has 0 bridgehead atoms. The van der Waals surface area contributed by atoms with Crippen LogP contribution in [0.1, 0.15) is 5.56 Å². The fraction of sp³-hybridized carbons (Fsp3) is 0.304. The highest BCUT2D eigenvalue weighted by Gasteiger charge is 2.20. The average molecular weight is 438 g/mol. The Bertz CT molecular complexity index is 1070. The Kier molecular flexibility index (Phi) is 5.84. The number of aromatic nitrogens is 1. The lowest BCUT2D eigenvalue weighted by atomic mass is 10.2. The van der Waals surface area contributed by atoms with Crippen molar-refractivity contribution in [3.8, 4) is 11.5 Å². The van der Waals surface area contributed by atoms with Gasteiger partial charge in [-0.3, -0.25) is 14.6 Å². The van der Waals surface area contributed by atoms with Crippen LogP contribution in [0.15, 0.2) is 48.5 Å². The quantitative estimate of drug-likeness (QED) is 0.551. The Balaban J connectivity index is 1.36. The summed E-state index contributed by atoms with van der Waals surface area (Å²) in [5.74, 6) is 1.33. The molecule has 0 unspecified atom stereocenters. The van der Waals surface area contributed by atoms with Crippen molar-refractivity contribution in [2.24, 2.45) is 0 Å². The van der Waals surface area contributed by atoms with E-state index in [2.05, 4.69) is 4.90 Å². The van der Waals surface area contributed by atoms with E-state index in [9.17, 15) is 4.79 Å². The van der Waals surface area contributed by atoms with Crippen LogP contribution in [-0.4, -0.2) is 62.0 Å². The van der Waals surface area contributed by atoms with E-state index in [0.717, 1.165) is 59.5 Å². The number of thiazole rings is 1. The molecule has 0 radical (unpaired) electrons. The van der Waals surface area contributed by atoms with Crippen molar-refractivity contribution in [2.75, 3.05) is 51.1 Å². The minimum absolute atomic E-state index is 0.0926. The highest BCUT2D eigenvalue weighted by Crippen LogP contribution is 2.33. The SMILES string of the molecule is O=C(/C=C/c1ccc2c(c1)OCO2)N(CCN1CCOCC1)c1nc2ccccc2s1. The maximum absolute atomic E-state index is 13.2. The van der Waals surface area contributed by atoms with Crippen LogP contribution in [-0.2, 0) is 9.53 Å². The van der Waals surface area contributed by atoms with Crippen LogP contribution in [0.25, 0.3) is 16.3 Å². The van der Waals surface area contributed by atoms with Crippen molar-refractivity contribution in [3.05, 3.63) is 54.1 Å². The molecule has 1 aromatic heterocycles. The number of carbonyl (C=O) groups is 1. The van der Waals surface area contributed by atoms with Crippen LogP contribution in [0.2, 0.25) is 0 Å². The molecule has 2 aliphatic heterocycles. The van der Waals surface area contributed by atoms with Crippen molar-refractivity contribution in [1.29, 1.82) is 0 Å². The first-order valence-corrected chi connectivity index (χ1v) is 11.1. The highest BCUT2D eigenvalue weighted by atomic mass is 32.1. The number of nitrogens with zero attached hydrogens (tertiary/aromatic N) is 3. The Labute approximate surface area is 184 Å². The number of hydrogen-bond acceptors (Lipinski definition) is 7. The molecule has 31 heavy (non-hydrogen) atoms. The van der Waals surface area contributed by atoms with Crippen LogP contribution in [0.5, 0.6) is 11.5 Å². The molecule has 1 saturated heterocycles. The van der Waals surface area contributed by atoms with Gasteiger partial charge >= 0.3 is 0 Å². The third-order valence-corrected chi connectivity index (χ3v) is 6.40. The Morgan fingerprint density at radius 2 is 1.97 bits per heavy atom. The van der Waals surface area contributed by atoms with Gasteiger partial charge in [0.25, 0.3) is 5.91 Å². The number of para-hydroxylation sites is 1. The van der Waals surface area contributed by atoms with Gasteiger partial charge < -0.3 is 14.2 Å². The monoisotopic (exact) mass is 437 g/mol. The summed E-state index contributed by atoms with van der Waals surface area (Å²) in [5, 5.41) is 0.717. The van der Waals surface area contributed by atoms with Gasteiger partial charge in [-0.05, 0) is 35.9 Å². The largest absolute Gasteiger partial charge is 0.454 e. The van der Waals surface area contributed by atoms with Crippen molar-refractivity contribution >= 4 is 38.7 Å².